The van der Waals surface area contributed by atoms with Gasteiger partial charge in [0, 0.05) is 5.56 Å². The van der Waals surface area contributed by atoms with E-state index in [-0.39, 0.29) is 0 Å². The summed E-state index contributed by atoms with van der Waals surface area (Å²) in [5.74, 6) is 6.78. The van der Waals surface area contributed by atoms with Crippen molar-refractivity contribution in [2.45, 2.75) is 31.8 Å². The van der Waals surface area contributed by atoms with Gasteiger partial charge in [0.1, 0.15) is 5.75 Å². The second-order valence-corrected chi connectivity index (χ2v) is 4.05. The third-order valence-electron chi connectivity index (χ3n) is 2.79. The molecule has 0 heterocycles. The van der Waals surface area contributed by atoms with E-state index >= 15 is 0 Å². The molecule has 84 valence electrons. The molecule has 1 aromatic rings. The number of rotatable bonds is 2. The molecular formula is C14H17NO. The molecule has 1 aromatic carbocycles. The average Bonchev–Trinajstić information content (AvgIpc) is 2.81. The normalized spacial score (nSPS) is 15.6. The van der Waals surface area contributed by atoms with Gasteiger partial charge in [0.25, 0.3) is 0 Å². The second kappa shape index (κ2) is 5.58. The first kappa shape index (κ1) is 11.0. The summed E-state index contributed by atoms with van der Waals surface area (Å²) < 4.78 is 5.86. The van der Waals surface area contributed by atoms with Gasteiger partial charge in [-0.05, 0) is 49.9 Å². The van der Waals surface area contributed by atoms with Crippen molar-refractivity contribution in [2.24, 2.45) is 5.73 Å². The zero-order valence-corrected chi connectivity index (χ0v) is 9.41. The fourth-order valence-electron chi connectivity index (χ4n) is 1.97. The molecule has 0 bridgehead atoms. The molecule has 1 aliphatic rings. The molecule has 2 nitrogen and oxygen atoms in total. The van der Waals surface area contributed by atoms with Crippen LogP contribution in [0.2, 0.25) is 0 Å². The van der Waals surface area contributed by atoms with Crippen molar-refractivity contribution in [3.05, 3.63) is 29.8 Å². The standard InChI is InChI=1S/C14H17NO/c15-11-3-4-12-7-9-14(10-8-12)16-13-5-1-2-6-13/h7-10,13H,1-2,5-6,11,15H2. The third kappa shape index (κ3) is 3.01. The van der Waals surface area contributed by atoms with E-state index < -0.39 is 0 Å². The monoisotopic (exact) mass is 215 g/mol. The Morgan fingerprint density at radius 3 is 2.50 bits per heavy atom. The molecule has 0 amide bonds. The minimum atomic E-state index is 0.403. The van der Waals surface area contributed by atoms with Crippen LogP contribution in [-0.2, 0) is 0 Å². The molecule has 2 rings (SSSR count). The van der Waals surface area contributed by atoms with Crippen LogP contribution in [0, 0.1) is 11.8 Å². The largest absolute Gasteiger partial charge is 0.490 e. The van der Waals surface area contributed by atoms with Crippen molar-refractivity contribution in [1.82, 2.24) is 0 Å². The quantitative estimate of drug-likeness (QED) is 0.768. The van der Waals surface area contributed by atoms with E-state index in [1.165, 1.54) is 25.7 Å². The fourth-order valence-corrected chi connectivity index (χ4v) is 1.97. The first-order chi connectivity index (χ1) is 7.88. The summed E-state index contributed by atoms with van der Waals surface area (Å²) in [5, 5.41) is 0. The SMILES string of the molecule is NCC#Cc1ccc(OC2CCCC2)cc1. The van der Waals surface area contributed by atoms with Crippen molar-refractivity contribution >= 4 is 0 Å². The van der Waals surface area contributed by atoms with Crippen LogP contribution in [0.25, 0.3) is 0 Å². The molecule has 0 aromatic heterocycles. The highest BCUT2D eigenvalue weighted by atomic mass is 16.5. The predicted molar refractivity (Wildman–Crippen MR) is 65.3 cm³/mol. The average molecular weight is 215 g/mol. The molecule has 0 spiro atoms. The lowest BCUT2D eigenvalue weighted by molar-refractivity contribution is 0.210. The van der Waals surface area contributed by atoms with Gasteiger partial charge in [-0.25, -0.2) is 0 Å². The molecule has 1 saturated carbocycles. The maximum absolute atomic E-state index is 5.86. The van der Waals surface area contributed by atoms with Crippen LogP contribution in [0.4, 0.5) is 0 Å². The van der Waals surface area contributed by atoms with Gasteiger partial charge in [0.05, 0.1) is 12.6 Å². The Morgan fingerprint density at radius 1 is 1.19 bits per heavy atom. The molecule has 1 aliphatic carbocycles. The van der Waals surface area contributed by atoms with E-state index in [9.17, 15) is 0 Å². The second-order valence-electron chi connectivity index (χ2n) is 4.05. The summed E-state index contributed by atoms with van der Waals surface area (Å²) in [4.78, 5) is 0. The summed E-state index contributed by atoms with van der Waals surface area (Å²) >= 11 is 0. The van der Waals surface area contributed by atoms with Gasteiger partial charge in [-0.3, -0.25) is 0 Å². The van der Waals surface area contributed by atoms with Gasteiger partial charge in [-0.2, -0.15) is 0 Å². The van der Waals surface area contributed by atoms with Crippen LogP contribution in [0.1, 0.15) is 31.2 Å². The summed E-state index contributed by atoms with van der Waals surface area (Å²) in [6, 6.07) is 7.93. The fraction of sp³-hybridized carbons (Fsp3) is 0.429. The van der Waals surface area contributed by atoms with Crippen molar-refractivity contribution in [3.63, 3.8) is 0 Å². The van der Waals surface area contributed by atoms with Crippen molar-refractivity contribution in [3.8, 4) is 17.6 Å². The van der Waals surface area contributed by atoms with Crippen LogP contribution in [0.5, 0.6) is 5.75 Å². The molecule has 16 heavy (non-hydrogen) atoms. The lowest BCUT2D eigenvalue weighted by atomic mass is 10.2. The Kier molecular flexibility index (Phi) is 3.85. The molecule has 2 N–H and O–H groups in total. The Morgan fingerprint density at radius 2 is 1.88 bits per heavy atom. The molecular weight excluding hydrogens is 198 g/mol. The van der Waals surface area contributed by atoms with E-state index in [0.29, 0.717) is 12.6 Å². The molecule has 1 fully saturated rings. The predicted octanol–water partition coefficient (Wildman–Crippen LogP) is 2.32. The molecule has 0 unspecified atom stereocenters. The zero-order valence-electron chi connectivity index (χ0n) is 9.41. The highest BCUT2D eigenvalue weighted by Crippen LogP contribution is 2.23. The van der Waals surface area contributed by atoms with E-state index in [0.717, 1.165) is 11.3 Å². The first-order valence-electron chi connectivity index (χ1n) is 5.84. The van der Waals surface area contributed by atoms with Crippen molar-refractivity contribution < 1.29 is 4.74 Å². The van der Waals surface area contributed by atoms with Gasteiger partial charge >= 0.3 is 0 Å². The minimum Gasteiger partial charge on any atom is -0.490 e. The number of hydrogen-bond donors (Lipinski definition) is 1. The highest BCUT2D eigenvalue weighted by Gasteiger charge is 2.15. The Hall–Kier alpha value is -1.46. The zero-order chi connectivity index (χ0) is 11.2. The van der Waals surface area contributed by atoms with Gasteiger partial charge in [-0.1, -0.05) is 11.8 Å². The summed E-state index contributed by atoms with van der Waals surface area (Å²) in [6.45, 7) is 0.403. The van der Waals surface area contributed by atoms with Crippen LogP contribution in [0.15, 0.2) is 24.3 Å². The maximum atomic E-state index is 5.86. The van der Waals surface area contributed by atoms with Gasteiger partial charge in [0.15, 0.2) is 0 Å². The van der Waals surface area contributed by atoms with E-state index in [1.54, 1.807) is 0 Å². The molecule has 0 saturated heterocycles. The first-order valence-corrected chi connectivity index (χ1v) is 5.84. The topological polar surface area (TPSA) is 35.2 Å². The van der Waals surface area contributed by atoms with E-state index in [1.807, 2.05) is 24.3 Å². The van der Waals surface area contributed by atoms with Crippen LogP contribution in [0.3, 0.4) is 0 Å². The van der Waals surface area contributed by atoms with Gasteiger partial charge in [0.2, 0.25) is 0 Å². The number of ether oxygens (including phenoxy) is 1. The summed E-state index contributed by atoms with van der Waals surface area (Å²) in [6.07, 6.45) is 5.39. The summed E-state index contributed by atoms with van der Waals surface area (Å²) in [7, 11) is 0. The summed E-state index contributed by atoms with van der Waals surface area (Å²) in [5.41, 5.74) is 6.31. The van der Waals surface area contributed by atoms with Crippen molar-refractivity contribution in [1.29, 1.82) is 0 Å². The lowest BCUT2D eigenvalue weighted by Gasteiger charge is -2.12. The Balaban J connectivity index is 1.95. The smallest absolute Gasteiger partial charge is 0.119 e. The van der Waals surface area contributed by atoms with Crippen molar-refractivity contribution in [2.75, 3.05) is 6.54 Å². The van der Waals surface area contributed by atoms with Crippen LogP contribution >= 0.6 is 0 Å². The molecule has 2 heteroatoms. The Bertz CT molecular complexity index is 379. The number of hydrogen-bond acceptors (Lipinski definition) is 2. The lowest BCUT2D eigenvalue weighted by Crippen LogP contribution is -2.10. The van der Waals surface area contributed by atoms with Gasteiger partial charge in [-0.15, -0.1) is 0 Å². The molecule has 0 aliphatic heterocycles. The van der Waals surface area contributed by atoms with E-state index in [4.69, 9.17) is 10.5 Å². The molecule has 0 atom stereocenters. The number of benzene rings is 1. The van der Waals surface area contributed by atoms with Crippen LogP contribution < -0.4 is 10.5 Å². The third-order valence-corrected chi connectivity index (χ3v) is 2.79. The Labute approximate surface area is 96.8 Å². The number of nitrogens with two attached hydrogens (primary N) is 1. The maximum Gasteiger partial charge on any atom is 0.119 e. The van der Waals surface area contributed by atoms with E-state index in [2.05, 4.69) is 11.8 Å². The van der Waals surface area contributed by atoms with Crippen LogP contribution in [-0.4, -0.2) is 12.6 Å². The van der Waals surface area contributed by atoms with Gasteiger partial charge < -0.3 is 10.5 Å². The minimum absolute atomic E-state index is 0.403. The molecule has 0 radical (unpaired) electrons. The highest BCUT2D eigenvalue weighted by molar-refractivity contribution is 5.38.